The zero-order valence-corrected chi connectivity index (χ0v) is 11.1. The van der Waals surface area contributed by atoms with Gasteiger partial charge in [0.2, 0.25) is 0 Å². The molecular weight excluding hydrogens is 240 g/mol. The van der Waals surface area contributed by atoms with Gasteiger partial charge >= 0.3 is 5.97 Å². The van der Waals surface area contributed by atoms with E-state index in [1.807, 2.05) is 12.1 Å². The Labute approximate surface area is 113 Å². The fourth-order valence-electron chi connectivity index (χ4n) is 2.50. The number of esters is 1. The molecule has 1 aliphatic rings. The third-order valence-corrected chi connectivity index (χ3v) is 3.61. The number of nitriles is 1. The predicted molar refractivity (Wildman–Crippen MR) is 72.8 cm³/mol. The summed E-state index contributed by atoms with van der Waals surface area (Å²) in [4.78, 5) is 11.3. The van der Waals surface area contributed by atoms with Gasteiger partial charge in [0, 0.05) is 5.69 Å². The lowest BCUT2D eigenvalue weighted by Gasteiger charge is -2.32. The number of hydrogen-bond acceptors (Lipinski definition) is 4. The largest absolute Gasteiger partial charge is 0.465 e. The Bertz CT molecular complexity index is 482. The molecule has 0 unspecified atom stereocenters. The van der Waals surface area contributed by atoms with Crippen molar-refractivity contribution in [2.45, 2.75) is 37.6 Å². The first-order valence-corrected chi connectivity index (χ1v) is 6.57. The van der Waals surface area contributed by atoms with Crippen molar-refractivity contribution in [3.05, 3.63) is 29.8 Å². The third kappa shape index (κ3) is 3.05. The van der Waals surface area contributed by atoms with Crippen LogP contribution >= 0.6 is 0 Å². The van der Waals surface area contributed by atoms with Crippen LogP contribution in [-0.4, -0.2) is 18.6 Å². The lowest BCUT2D eigenvalue weighted by molar-refractivity contribution is 0.0601. The second kappa shape index (κ2) is 5.75. The van der Waals surface area contributed by atoms with Crippen molar-refractivity contribution in [1.29, 1.82) is 5.26 Å². The molecule has 1 aromatic rings. The lowest BCUT2D eigenvalue weighted by atomic mass is 9.82. The number of ether oxygens (including phenoxy) is 1. The number of anilines is 1. The smallest absolute Gasteiger partial charge is 0.337 e. The quantitative estimate of drug-likeness (QED) is 0.846. The first-order chi connectivity index (χ1) is 9.19. The maximum Gasteiger partial charge on any atom is 0.337 e. The SMILES string of the molecule is COC(=O)c1ccc(NC2(C#N)CCCCC2)cc1. The molecule has 4 heteroatoms. The molecule has 1 aromatic carbocycles. The van der Waals surface area contributed by atoms with Crippen LogP contribution in [0.5, 0.6) is 0 Å². The fraction of sp³-hybridized carbons (Fsp3) is 0.467. The van der Waals surface area contributed by atoms with Crippen LogP contribution in [0.3, 0.4) is 0 Å². The van der Waals surface area contributed by atoms with E-state index in [0.29, 0.717) is 5.56 Å². The van der Waals surface area contributed by atoms with E-state index in [2.05, 4.69) is 16.1 Å². The van der Waals surface area contributed by atoms with Gasteiger partial charge < -0.3 is 10.1 Å². The molecule has 0 aliphatic heterocycles. The molecule has 19 heavy (non-hydrogen) atoms. The summed E-state index contributed by atoms with van der Waals surface area (Å²) in [6.45, 7) is 0. The second-order valence-corrected chi connectivity index (χ2v) is 4.95. The summed E-state index contributed by atoms with van der Waals surface area (Å²) in [5.74, 6) is -0.348. The standard InChI is InChI=1S/C15H18N2O2/c1-19-14(18)12-5-7-13(8-6-12)17-15(11-16)9-3-2-4-10-15/h5-8,17H,2-4,9-10H2,1H3. The Balaban J connectivity index is 2.10. The van der Waals surface area contributed by atoms with Gasteiger partial charge in [-0.15, -0.1) is 0 Å². The molecule has 0 aromatic heterocycles. The van der Waals surface area contributed by atoms with E-state index in [1.54, 1.807) is 12.1 Å². The number of carbonyl (C=O) groups excluding carboxylic acids is 1. The molecule has 0 radical (unpaired) electrons. The molecule has 100 valence electrons. The summed E-state index contributed by atoms with van der Waals surface area (Å²) < 4.78 is 4.66. The molecule has 0 heterocycles. The van der Waals surface area contributed by atoms with Crippen LogP contribution in [0.1, 0.15) is 42.5 Å². The topological polar surface area (TPSA) is 62.1 Å². The number of nitrogens with one attached hydrogen (secondary N) is 1. The highest BCUT2D eigenvalue weighted by molar-refractivity contribution is 5.89. The highest BCUT2D eigenvalue weighted by Crippen LogP contribution is 2.31. The van der Waals surface area contributed by atoms with Gasteiger partial charge in [0.15, 0.2) is 0 Å². The number of rotatable bonds is 3. The zero-order chi connectivity index (χ0) is 13.7. The Morgan fingerprint density at radius 3 is 2.42 bits per heavy atom. The Morgan fingerprint density at radius 1 is 1.26 bits per heavy atom. The van der Waals surface area contributed by atoms with Gasteiger partial charge in [0.25, 0.3) is 0 Å². The Kier molecular flexibility index (Phi) is 4.06. The first-order valence-electron chi connectivity index (χ1n) is 6.57. The summed E-state index contributed by atoms with van der Waals surface area (Å²) in [7, 11) is 1.36. The van der Waals surface area contributed by atoms with Crippen LogP contribution in [-0.2, 0) is 4.74 Å². The predicted octanol–water partition coefficient (Wildman–Crippen LogP) is 3.11. The molecule has 0 saturated heterocycles. The van der Waals surface area contributed by atoms with E-state index in [-0.39, 0.29) is 5.97 Å². The van der Waals surface area contributed by atoms with Gasteiger partial charge in [-0.3, -0.25) is 0 Å². The molecule has 1 fully saturated rings. The summed E-state index contributed by atoms with van der Waals surface area (Å²) in [6.07, 6.45) is 5.12. The molecule has 0 atom stereocenters. The van der Waals surface area contributed by atoms with Crippen molar-refractivity contribution < 1.29 is 9.53 Å². The van der Waals surface area contributed by atoms with Crippen molar-refractivity contribution in [1.82, 2.24) is 0 Å². The van der Waals surface area contributed by atoms with E-state index in [9.17, 15) is 10.1 Å². The number of benzene rings is 1. The lowest BCUT2D eigenvalue weighted by Crippen LogP contribution is -2.38. The minimum atomic E-state index is -0.453. The van der Waals surface area contributed by atoms with E-state index >= 15 is 0 Å². The van der Waals surface area contributed by atoms with Gasteiger partial charge in [-0.25, -0.2) is 4.79 Å². The summed E-state index contributed by atoms with van der Waals surface area (Å²) in [6, 6.07) is 9.47. The second-order valence-electron chi connectivity index (χ2n) is 4.95. The first kappa shape index (κ1) is 13.4. The number of methoxy groups -OCH3 is 1. The van der Waals surface area contributed by atoms with Gasteiger partial charge in [-0.2, -0.15) is 5.26 Å². The van der Waals surface area contributed by atoms with Gasteiger partial charge in [-0.1, -0.05) is 19.3 Å². The molecule has 0 amide bonds. The highest BCUT2D eigenvalue weighted by Gasteiger charge is 2.31. The van der Waals surface area contributed by atoms with Crippen LogP contribution in [0.25, 0.3) is 0 Å². The average Bonchev–Trinajstić information content (AvgIpc) is 2.48. The summed E-state index contributed by atoms with van der Waals surface area (Å²) >= 11 is 0. The number of nitrogens with zero attached hydrogens (tertiary/aromatic N) is 1. The van der Waals surface area contributed by atoms with Crippen molar-refractivity contribution in [2.24, 2.45) is 0 Å². The molecule has 1 aliphatic carbocycles. The highest BCUT2D eigenvalue weighted by atomic mass is 16.5. The van der Waals surface area contributed by atoms with E-state index in [0.717, 1.165) is 31.4 Å². The molecular formula is C15H18N2O2. The van der Waals surface area contributed by atoms with Crippen LogP contribution < -0.4 is 5.32 Å². The maximum atomic E-state index is 11.3. The molecule has 2 rings (SSSR count). The van der Waals surface area contributed by atoms with Crippen molar-refractivity contribution in [3.8, 4) is 6.07 Å². The van der Waals surface area contributed by atoms with Crippen LogP contribution in [0.4, 0.5) is 5.69 Å². The summed E-state index contributed by atoms with van der Waals surface area (Å²) in [5, 5.41) is 12.7. The van der Waals surface area contributed by atoms with Crippen molar-refractivity contribution in [2.75, 3.05) is 12.4 Å². The van der Waals surface area contributed by atoms with Gasteiger partial charge in [0.1, 0.15) is 5.54 Å². The minimum Gasteiger partial charge on any atom is -0.465 e. The van der Waals surface area contributed by atoms with Gasteiger partial charge in [-0.05, 0) is 37.1 Å². The van der Waals surface area contributed by atoms with Crippen LogP contribution in [0.15, 0.2) is 24.3 Å². The fourth-order valence-corrected chi connectivity index (χ4v) is 2.50. The number of hydrogen-bond donors (Lipinski definition) is 1. The van der Waals surface area contributed by atoms with Gasteiger partial charge in [0.05, 0.1) is 18.7 Å². The molecule has 4 nitrogen and oxygen atoms in total. The third-order valence-electron chi connectivity index (χ3n) is 3.61. The molecule has 1 N–H and O–H groups in total. The maximum absolute atomic E-state index is 11.3. The molecule has 0 bridgehead atoms. The van der Waals surface area contributed by atoms with Crippen LogP contribution in [0.2, 0.25) is 0 Å². The molecule has 1 saturated carbocycles. The normalized spacial score (nSPS) is 17.3. The van der Waals surface area contributed by atoms with E-state index in [4.69, 9.17) is 0 Å². The van der Waals surface area contributed by atoms with E-state index < -0.39 is 5.54 Å². The van der Waals surface area contributed by atoms with E-state index in [1.165, 1.54) is 13.5 Å². The molecule has 0 spiro atoms. The summed E-state index contributed by atoms with van der Waals surface area (Å²) in [5.41, 5.74) is 0.934. The number of carbonyl (C=O) groups is 1. The minimum absolute atomic E-state index is 0.348. The van der Waals surface area contributed by atoms with Crippen molar-refractivity contribution in [3.63, 3.8) is 0 Å². The zero-order valence-electron chi connectivity index (χ0n) is 11.1. The monoisotopic (exact) mass is 258 g/mol. The van der Waals surface area contributed by atoms with Crippen LogP contribution in [0, 0.1) is 11.3 Å². The van der Waals surface area contributed by atoms with Crippen molar-refractivity contribution >= 4 is 11.7 Å². The average molecular weight is 258 g/mol. The Hall–Kier alpha value is -2.02. The Morgan fingerprint density at radius 2 is 1.89 bits per heavy atom.